The van der Waals surface area contributed by atoms with E-state index in [1.165, 1.54) is 0 Å². The van der Waals surface area contributed by atoms with Gasteiger partial charge in [-0.15, -0.1) is 0 Å². The monoisotopic (exact) mass is 260 g/mol. The molecule has 5 heteroatoms. The van der Waals surface area contributed by atoms with Crippen LogP contribution in [0.15, 0.2) is 48.3 Å². The summed E-state index contributed by atoms with van der Waals surface area (Å²) in [5.74, 6) is 1.37. The SMILES string of the molecule is S=c1[nH]cc(C2=COC=C(C3=CC=CCC3)O2)[nH]1. The molecule has 0 bridgehead atoms. The number of nitrogens with one attached hydrogen (secondary N) is 2. The molecule has 92 valence electrons. The van der Waals surface area contributed by atoms with Crippen molar-refractivity contribution in [2.45, 2.75) is 12.8 Å². The minimum Gasteiger partial charge on any atom is -0.465 e. The Morgan fingerprint density at radius 3 is 2.83 bits per heavy atom. The van der Waals surface area contributed by atoms with E-state index in [0.717, 1.165) is 29.9 Å². The van der Waals surface area contributed by atoms with Gasteiger partial charge in [0.25, 0.3) is 0 Å². The molecule has 18 heavy (non-hydrogen) atoms. The van der Waals surface area contributed by atoms with Gasteiger partial charge >= 0.3 is 0 Å². The molecule has 0 unspecified atom stereocenters. The fourth-order valence-electron chi connectivity index (χ4n) is 1.86. The standard InChI is InChI=1S/C13H12N2O2S/c18-13-14-6-10(15-13)12-8-16-7-11(17-12)9-4-2-1-3-5-9/h1-2,4,6-8H,3,5H2,(H2,14,15,18). The van der Waals surface area contributed by atoms with Crippen molar-refractivity contribution in [2.75, 3.05) is 0 Å². The van der Waals surface area contributed by atoms with Gasteiger partial charge in [-0.3, -0.25) is 0 Å². The number of ether oxygens (including phenoxy) is 2. The maximum absolute atomic E-state index is 5.82. The van der Waals surface area contributed by atoms with Gasteiger partial charge in [0.15, 0.2) is 16.3 Å². The van der Waals surface area contributed by atoms with Crippen molar-refractivity contribution in [3.8, 4) is 0 Å². The Bertz CT molecular complexity index is 631. The molecule has 3 rings (SSSR count). The van der Waals surface area contributed by atoms with Crippen LogP contribution in [0.1, 0.15) is 18.5 Å². The minimum atomic E-state index is 0.561. The summed E-state index contributed by atoms with van der Waals surface area (Å²) in [7, 11) is 0. The molecule has 4 nitrogen and oxygen atoms in total. The molecule has 1 aromatic rings. The molecule has 0 aromatic carbocycles. The van der Waals surface area contributed by atoms with Gasteiger partial charge in [0.2, 0.25) is 0 Å². The van der Waals surface area contributed by atoms with Crippen LogP contribution in [0.3, 0.4) is 0 Å². The Hall–Kier alpha value is -2.01. The zero-order valence-corrected chi connectivity index (χ0v) is 10.4. The first-order valence-electron chi connectivity index (χ1n) is 5.71. The molecule has 0 spiro atoms. The summed E-state index contributed by atoms with van der Waals surface area (Å²) in [6, 6.07) is 0. The van der Waals surface area contributed by atoms with Crippen molar-refractivity contribution in [1.82, 2.24) is 9.97 Å². The van der Waals surface area contributed by atoms with E-state index in [2.05, 4.69) is 16.0 Å². The maximum atomic E-state index is 5.82. The molecule has 2 heterocycles. The summed E-state index contributed by atoms with van der Waals surface area (Å²) in [5, 5.41) is 0. The lowest BCUT2D eigenvalue weighted by molar-refractivity contribution is 0.284. The van der Waals surface area contributed by atoms with Crippen LogP contribution in [0.5, 0.6) is 0 Å². The quantitative estimate of drug-likeness (QED) is 0.800. The number of rotatable bonds is 2. The molecule has 0 saturated carbocycles. The summed E-state index contributed by atoms with van der Waals surface area (Å²) < 4.78 is 11.7. The predicted molar refractivity (Wildman–Crippen MR) is 70.7 cm³/mol. The second kappa shape index (κ2) is 4.70. The van der Waals surface area contributed by atoms with E-state index >= 15 is 0 Å². The molecule has 1 aliphatic heterocycles. The van der Waals surface area contributed by atoms with Gasteiger partial charge in [0, 0.05) is 6.20 Å². The van der Waals surface area contributed by atoms with Crippen LogP contribution in [0, 0.1) is 4.77 Å². The molecule has 0 saturated heterocycles. The van der Waals surface area contributed by atoms with Crippen LogP contribution < -0.4 is 0 Å². The molecule has 2 aliphatic rings. The summed E-state index contributed by atoms with van der Waals surface area (Å²) >= 11 is 4.99. The first kappa shape index (κ1) is 11.1. The Labute approximate surface area is 109 Å². The zero-order chi connectivity index (χ0) is 12.4. The minimum absolute atomic E-state index is 0.561. The van der Waals surface area contributed by atoms with Crippen LogP contribution in [-0.4, -0.2) is 9.97 Å². The molecule has 0 amide bonds. The van der Waals surface area contributed by atoms with Gasteiger partial charge in [-0.1, -0.05) is 18.2 Å². The molecular weight excluding hydrogens is 248 g/mol. The van der Waals surface area contributed by atoms with E-state index in [9.17, 15) is 0 Å². The number of allylic oxidation sites excluding steroid dienone is 4. The normalized spacial score (nSPS) is 18.3. The van der Waals surface area contributed by atoms with Gasteiger partial charge in [-0.05, 0) is 30.6 Å². The number of aromatic nitrogens is 2. The average Bonchev–Trinajstić information content (AvgIpc) is 2.87. The van der Waals surface area contributed by atoms with Crippen molar-refractivity contribution in [1.29, 1.82) is 0 Å². The largest absolute Gasteiger partial charge is 0.465 e. The van der Waals surface area contributed by atoms with Crippen LogP contribution in [0.2, 0.25) is 0 Å². The molecule has 0 radical (unpaired) electrons. The van der Waals surface area contributed by atoms with Gasteiger partial charge in [0.1, 0.15) is 18.2 Å². The molecule has 0 fully saturated rings. The Morgan fingerprint density at radius 2 is 2.11 bits per heavy atom. The molecule has 0 atom stereocenters. The second-order valence-electron chi connectivity index (χ2n) is 4.02. The van der Waals surface area contributed by atoms with Crippen molar-refractivity contribution >= 4 is 18.0 Å². The first-order chi connectivity index (χ1) is 8.83. The highest BCUT2D eigenvalue weighted by Gasteiger charge is 2.16. The third-order valence-corrected chi connectivity index (χ3v) is 2.98. The summed E-state index contributed by atoms with van der Waals surface area (Å²) in [6.07, 6.45) is 13.1. The highest BCUT2D eigenvalue weighted by atomic mass is 32.1. The van der Waals surface area contributed by atoms with Gasteiger partial charge in [0.05, 0.1) is 0 Å². The molecule has 1 aliphatic carbocycles. The number of H-pyrrole nitrogens is 2. The lowest BCUT2D eigenvalue weighted by Gasteiger charge is -2.18. The summed E-state index contributed by atoms with van der Waals surface area (Å²) in [5.41, 5.74) is 1.91. The van der Waals surface area contributed by atoms with E-state index in [-0.39, 0.29) is 0 Å². The fraction of sp³-hybridized carbons (Fsp3) is 0.154. The number of hydrogen-bond acceptors (Lipinski definition) is 3. The zero-order valence-electron chi connectivity index (χ0n) is 9.60. The van der Waals surface area contributed by atoms with Gasteiger partial charge in [-0.2, -0.15) is 0 Å². The maximum Gasteiger partial charge on any atom is 0.187 e. The van der Waals surface area contributed by atoms with Gasteiger partial charge in [-0.25, -0.2) is 0 Å². The molecule has 1 aromatic heterocycles. The fourth-order valence-corrected chi connectivity index (χ4v) is 2.03. The topological polar surface area (TPSA) is 50.0 Å². The van der Waals surface area contributed by atoms with E-state index in [4.69, 9.17) is 21.7 Å². The smallest absolute Gasteiger partial charge is 0.187 e. The van der Waals surface area contributed by atoms with Gasteiger partial charge < -0.3 is 19.4 Å². The number of imidazole rings is 1. The van der Waals surface area contributed by atoms with E-state index in [1.807, 2.05) is 12.2 Å². The van der Waals surface area contributed by atoms with Crippen LogP contribution in [0.25, 0.3) is 5.76 Å². The summed E-state index contributed by atoms with van der Waals surface area (Å²) in [4.78, 5) is 5.89. The highest BCUT2D eigenvalue weighted by molar-refractivity contribution is 7.71. The lowest BCUT2D eigenvalue weighted by Crippen LogP contribution is -2.03. The Kier molecular flexibility index (Phi) is 2.90. The number of hydrogen-bond donors (Lipinski definition) is 2. The number of aromatic amines is 2. The van der Waals surface area contributed by atoms with Crippen LogP contribution >= 0.6 is 12.2 Å². The highest BCUT2D eigenvalue weighted by Crippen LogP contribution is 2.29. The molecular formula is C13H12N2O2S. The lowest BCUT2D eigenvalue weighted by atomic mass is 10.0. The van der Waals surface area contributed by atoms with E-state index in [1.54, 1.807) is 18.7 Å². The Morgan fingerprint density at radius 1 is 1.22 bits per heavy atom. The molecule has 2 N–H and O–H groups in total. The van der Waals surface area contributed by atoms with Crippen molar-refractivity contribution < 1.29 is 9.47 Å². The van der Waals surface area contributed by atoms with E-state index < -0.39 is 0 Å². The van der Waals surface area contributed by atoms with Crippen molar-refractivity contribution in [3.05, 3.63) is 58.7 Å². The van der Waals surface area contributed by atoms with Crippen LogP contribution in [0.4, 0.5) is 0 Å². The summed E-state index contributed by atoms with van der Waals surface area (Å²) in [6.45, 7) is 0. The van der Waals surface area contributed by atoms with Crippen molar-refractivity contribution in [2.24, 2.45) is 0 Å². The van der Waals surface area contributed by atoms with Crippen molar-refractivity contribution in [3.63, 3.8) is 0 Å². The van der Waals surface area contributed by atoms with E-state index in [0.29, 0.717) is 10.5 Å². The average molecular weight is 260 g/mol. The first-order valence-corrected chi connectivity index (χ1v) is 6.11. The second-order valence-corrected chi connectivity index (χ2v) is 4.43. The third kappa shape index (κ3) is 2.17. The Balaban J connectivity index is 1.82. The third-order valence-electron chi connectivity index (χ3n) is 2.76. The predicted octanol–water partition coefficient (Wildman–Crippen LogP) is 3.54. The van der Waals surface area contributed by atoms with Crippen LogP contribution in [-0.2, 0) is 9.47 Å².